The van der Waals surface area contributed by atoms with Crippen LogP contribution in [0, 0.1) is 6.92 Å². The van der Waals surface area contributed by atoms with Gasteiger partial charge in [-0.25, -0.2) is 0 Å². The van der Waals surface area contributed by atoms with Crippen LogP contribution in [0.15, 0.2) is 22.7 Å². The van der Waals surface area contributed by atoms with Gasteiger partial charge in [-0.05, 0) is 53.4 Å². The summed E-state index contributed by atoms with van der Waals surface area (Å²) in [5, 5.41) is 3.77. The highest BCUT2D eigenvalue weighted by Gasteiger charge is 2.37. The molecule has 98 valence electrons. The van der Waals surface area contributed by atoms with E-state index < -0.39 is 0 Å². The SMILES string of the molecule is Cc1ccc(Br)c(N2CCNC3(CCCC3)C2)c1. The van der Waals surface area contributed by atoms with Crippen molar-refractivity contribution in [2.24, 2.45) is 0 Å². The lowest BCUT2D eigenvalue weighted by atomic mass is 9.94. The summed E-state index contributed by atoms with van der Waals surface area (Å²) in [6.45, 7) is 5.56. The third-order valence-corrected chi connectivity index (χ3v) is 5.05. The number of benzene rings is 1. The van der Waals surface area contributed by atoms with Crippen LogP contribution < -0.4 is 10.2 Å². The van der Waals surface area contributed by atoms with E-state index >= 15 is 0 Å². The number of hydrogen-bond donors (Lipinski definition) is 1. The first-order chi connectivity index (χ1) is 8.69. The zero-order valence-electron chi connectivity index (χ0n) is 11.0. The third kappa shape index (κ3) is 2.30. The highest BCUT2D eigenvalue weighted by atomic mass is 79.9. The van der Waals surface area contributed by atoms with E-state index in [1.165, 1.54) is 41.4 Å². The average molecular weight is 309 g/mol. The van der Waals surface area contributed by atoms with Gasteiger partial charge in [0.1, 0.15) is 0 Å². The molecule has 0 bridgehead atoms. The Labute approximate surface area is 118 Å². The highest BCUT2D eigenvalue weighted by Crippen LogP contribution is 2.35. The fraction of sp³-hybridized carbons (Fsp3) is 0.600. The van der Waals surface area contributed by atoms with Crippen LogP contribution in [0.3, 0.4) is 0 Å². The van der Waals surface area contributed by atoms with Crippen LogP contribution in [0.5, 0.6) is 0 Å². The molecule has 2 fully saturated rings. The predicted octanol–water partition coefficient (Wildman–Crippen LogP) is 3.48. The van der Waals surface area contributed by atoms with Crippen LogP contribution in [0.2, 0.25) is 0 Å². The molecule has 1 aromatic rings. The van der Waals surface area contributed by atoms with Crippen LogP contribution in [-0.4, -0.2) is 25.2 Å². The van der Waals surface area contributed by atoms with Crippen molar-refractivity contribution in [3.8, 4) is 0 Å². The molecule has 1 saturated carbocycles. The summed E-state index contributed by atoms with van der Waals surface area (Å²) >= 11 is 3.70. The van der Waals surface area contributed by atoms with Gasteiger partial charge in [-0.15, -0.1) is 0 Å². The number of nitrogens with zero attached hydrogens (tertiary/aromatic N) is 1. The van der Waals surface area contributed by atoms with E-state index in [4.69, 9.17) is 0 Å². The second-order valence-corrected chi connectivity index (χ2v) is 6.64. The summed E-state index contributed by atoms with van der Waals surface area (Å²) in [5.41, 5.74) is 3.09. The Bertz CT molecular complexity index is 438. The summed E-state index contributed by atoms with van der Waals surface area (Å²) in [5.74, 6) is 0. The van der Waals surface area contributed by atoms with Gasteiger partial charge in [0.25, 0.3) is 0 Å². The number of aryl methyl sites for hydroxylation is 1. The van der Waals surface area contributed by atoms with Gasteiger partial charge in [0.05, 0.1) is 5.69 Å². The molecular formula is C15H21BrN2. The van der Waals surface area contributed by atoms with Gasteiger partial charge in [-0.3, -0.25) is 0 Å². The molecule has 1 heterocycles. The van der Waals surface area contributed by atoms with E-state index in [1.54, 1.807) is 0 Å². The zero-order valence-corrected chi connectivity index (χ0v) is 12.6. The second kappa shape index (κ2) is 4.86. The van der Waals surface area contributed by atoms with Gasteiger partial charge in [-0.1, -0.05) is 18.9 Å². The van der Waals surface area contributed by atoms with Gasteiger partial charge in [-0.2, -0.15) is 0 Å². The summed E-state index contributed by atoms with van der Waals surface area (Å²) in [6, 6.07) is 6.65. The minimum absolute atomic E-state index is 0.390. The lowest BCUT2D eigenvalue weighted by Crippen LogP contribution is -2.59. The van der Waals surface area contributed by atoms with Crippen LogP contribution in [0.1, 0.15) is 31.2 Å². The molecule has 2 nitrogen and oxygen atoms in total. The molecule has 1 spiro atoms. The molecule has 1 saturated heterocycles. The highest BCUT2D eigenvalue weighted by molar-refractivity contribution is 9.10. The van der Waals surface area contributed by atoms with Crippen molar-refractivity contribution in [1.82, 2.24) is 5.32 Å². The molecule has 0 unspecified atom stereocenters. The van der Waals surface area contributed by atoms with E-state index in [9.17, 15) is 0 Å². The number of nitrogens with one attached hydrogen (secondary N) is 1. The Kier molecular flexibility index (Phi) is 3.37. The third-order valence-electron chi connectivity index (χ3n) is 4.38. The number of anilines is 1. The first-order valence-corrected chi connectivity index (χ1v) is 7.74. The van der Waals surface area contributed by atoms with Gasteiger partial charge < -0.3 is 10.2 Å². The van der Waals surface area contributed by atoms with E-state index in [-0.39, 0.29) is 0 Å². The molecule has 1 aliphatic heterocycles. The largest absolute Gasteiger partial charge is 0.367 e. The molecule has 1 aromatic carbocycles. The molecule has 0 aromatic heterocycles. The summed E-state index contributed by atoms with van der Waals surface area (Å²) < 4.78 is 1.23. The predicted molar refractivity (Wildman–Crippen MR) is 80.3 cm³/mol. The van der Waals surface area contributed by atoms with Crippen molar-refractivity contribution in [3.63, 3.8) is 0 Å². The standard InChI is InChI=1S/C15H21BrN2/c1-12-4-5-13(16)14(10-12)18-9-8-17-15(11-18)6-2-3-7-15/h4-5,10,17H,2-3,6-9,11H2,1H3. The Hall–Kier alpha value is -0.540. The molecule has 1 aliphatic carbocycles. The van der Waals surface area contributed by atoms with Crippen molar-refractivity contribution in [2.75, 3.05) is 24.5 Å². The lowest BCUT2D eigenvalue weighted by molar-refractivity contribution is 0.304. The topological polar surface area (TPSA) is 15.3 Å². The maximum atomic E-state index is 3.77. The number of halogens is 1. The summed E-state index contributed by atoms with van der Waals surface area (Å²) in [6.07, 6.45) is 5.45. The Balaban J connectivity index is 1.85. The Morgan fingerprint density at radius 2 is 2.06 bits per heavy atom. The van der Waals surface area contributed by atoms with Gasteiger partial charge in [0, 0.05) is 29.6 Å². The van der Waals surface area contributed by atoms with E-state index in [0.29, 0.717) is 5.54 Å². The molecule has 3 rings (SSSR count). The molecule has 1 N–H and O–H groups in total. The van der Waals surface area contributed by atoms with Crippen LogP contribution in [0.25, 0.3) is 0 Å². The number of hydrogen-bond acceptors (Lipinski definition) is 2. The molecule has 2 aliphatic rings. The van der Waals surface area contributed by atoms with Crippen molar-refractivity contribution >= 4 is 21.6 Å². The fourth-order valence-electron chi connectivity index (χ4n) is 3.41. The molecular weight excluding hydrogens is 288 g/mol. The molecule has 0 atom stereocenters. The fourth-order valence-corrected chi connectivity index (χ4v) is 3.91. The monoisotopic (exact) mass is 308 g/mol. The quantitative estimate of drug-likeness (QED) is 0.854. The first-order valence-electron chi connectivity index (χ1n) is 6.95. The van der Waals surface area contributed by atoms with Crippen molar-refractivity contribution in [1.29, 1.82) is 0 Å². The Morgan fingerprint density at radius 3 is 2.83 bits per heavy atom. The second-order valence-electron chi connectivity index (χ2n) is 5.79. The van der Waals surface area contributed by atoms with E-state index in [0.717, 1.165) is 19.6 Å². The number of piperazine rings is 1. The molecule has 0 radical (unpaired) electrons. The summed E-state index contributed by atoms with van der Waals surface area (Å²) in [7, 11) is 0. The lowest BCUT2D eigenvalue weighted by Gasteiger charge is -2.43. The number of rotatable bonds is 1. The maximum Gasteiger partial charge on any atom is 0.0514 e. The Morgan fingerprint density at radius 1 is 1.28 bits per heavy atom. The van der Waals surface area contributed by atoms with Crippen molar-refractivity contribution < 1.29 is 0 Å². The molecule has 0 amide bonds. The average Bonchev–Trinajstić information content (AvgIpc) is 2.80. The van der Waals surface area contributed by atoms with Crippen LogP contribution in [-0.2, 0) is 0 Å². The smallest absolute Gasteiger partial charge is 0.0514 e. The van der Waals surface area contributed by atoms with Crippen molar-refractivity contribution in [3.05, 3.63) is 28.2 Å². The van der Waals surface area contributed by atoms with Gasteiger partial charge >= 0.3 is 0 Å². The van der Waals surface area contributed by atoms with Crippen molar-refractivity contribution in [2.45, 2.75) is 38.1 Å². The minimum Gasteiger partial charge on any atom is -0.367 e. The maximum absolute atomic E-state index is 3.77. The van der Waals surface area contributed by atoms with E-state index in [1.807, 2.05) is 0 Å². The zero-order chi connectivity index (χ0) is 12.6. The van der Waals surface area contributed by atoms with Crippen LogP contribution in [0.4, 0.5) is 5.69 Å². The van der Waals surface area contributed by atoms with Gasteiger partial charge in [0.2, 0.25) is 0 Å². The van der Waals surface area contributed by atoms with Gasteiger partial charge in [0.15, 0.2) is 0 Å². The minimum atomic E-state index is 0.390. The van der Waals surface area contributed by atoms with Crippen LogP contribution >= 0.6 is 15.9 Å². The van der Waals surface area contributed by atoms with E-state index in [2.05, 4.69) is 51.3 Å². The molecule has 3 heteroatoms. The normalized spacial score (nSPS) is 22.7. The first kappa shape index (κ1) is 12.5. The summed E-state index contributed by atoms with van der Waals surface area (Å²) in [4.78, 5) is 2.55. The molecule has 18 heavy (non-hydrogen) atoms.